The molecular formula is C12H16N2O2S. The smallest absolute Gasteiger partial charge is 0.251 e. The van der Waals surface area contributed by atoms with Crippen LogP contribution in [0.2, 0.25) is 0 Å². The van der Waals surface area contributed by atoms with Crippen molar-refractivity contribution < 1.29 is 9.59 Å². The first-order valence-electron chi connectivity index (χ1n) is 5.71. The minimum Gasteiger partial charge on any atom is -0.365 e. The number of hydrogen-bond donors (Lipinski definition) is 2. The standard InChI is InChI=1S/C12H16N2O2S/c1-6-7(2)17-12(9(6)10(13)15)14-11(16)8-4-3-5-8/h8H,3-5H2,1-2H3,(H2,13,15)(H,14,16). The molecule has 2 rings (SSSR count). The van der Waals surface area contributed by atoms with E-state index in [9.17, 15) is 9.59 Å². The molecule has 3 N–H and O–H groups in total. The molecule has 1 saturated carbocycles. The Balaban J connectivity index is 2.22. The Bertz CT molecular complexity index is 475. The van der Waals surface area contributed by atoms with Crippen LogP contribution in [0, 0.1) is 19.8 Å². The molecule has 0 atom stereocenters. The van der Waals surface area contributed by atoms with Gasteiger partial charge in [-0.1, -0.05) is 6.42 Å². The van der Waals surface area contributed by atoms with Gasteiger partial charge in [0.15, 0.2) is 0 Å². The van der Waals surface area contributed by atoms with Crippen molar-refractivity contribution in [1.29, 1.82) is 0 Å². The van der Waals surface area contributed by atoms with Crippen LogP contribution in [0.4, 0.5) is 5.00 Å². The molecule has 1 aliphatic carbocycles. The average molecular weight is 252 g/mol. The highest BCUT2D eigenvalue weighted by Crippen LogP contribution is 2.34. The number of aryl methyl sites for hydroxylation is 1. The summed E-state index contributed by atoms with van der Waals surface area (Å²) < 4.78 is 0. The van der Waals surface area contributed by atoms with Gasteiger partial charge in [-0.15, -0.1) is 11.3 Å². The number of carbonyl (C=O) groups excluding carboxylic acids is 2. The minimum atomic E-state index is -0.476. The Morgan fingerprint density at radius 1 is 1.35 bits per heavy atom. The Hall–Kier alpha value is -1.36. The molecule has 0 radical (unpaired) electrons. The minimum absolute atomic E-state index is 0.0139. The number of thiophene rings is 1. The summed E-state index contributed by atoms with van der Waals surface area (Å²) >= 11 is 1.42. The van der Waals surface area contributed by atoms with Crippen molar-refractivity contribution in [2.45, 2.75) is 33.1 Å². The molecule has 0 aliphatic heterocycles. The van der Waals surface area contributed by atoms with Gasteiger partial charge in [0.1, 0.15) is 5.00 Å². The van der Waals surface area contributed by atoms with E-state index >= 15 is 0 Å². The average Bonchev–Trinajstić information content (AvgIpc) is 2.38. The summed E-state index contributed by atoms with van der Waals surface area (Å²) in [7, 11) is 0. The Labute approximate surface area is 104 Å². The maximum absolute atomic E-state index is 11.8. The molecule has 0 bridgehead atoms. The van der Waals surface area contributed by atoms with E-state index in [1.54, 1.807) is 0 Å². The summed E-state index contributed by atoms with van der Waals surface area (Å²) in [6, 6.07) is 0. The predicted octanol–water partition coefficient (Wildman–Crippen LogP) is 2.20. The van der Waals surface area contributed by atoms with Crippen LogP contribution < -0.4 is 11.1 Å². The van der Waals surface area contributed by atoms with Crippen LogP contribution in [0.1, 0.15) is 40.1 Å². The molecule has 1 aromatic heterocycles. The molecule has 0 saturated heterocycles. The SMILES string of the molecule is Cc1sc(NC(=O)C2CCC2)c(C(N)=O)c1C. The van der Waals surface area contributed by atoms with Crippen LogP contribution in [-0.2, 0) is 4.79 Å². The van der Waals surface area contributed by atoms with E-state index in [2.05, 4.69) is 5.32 Å². The third kappa shape index (κ3) is 2.20. The fraction of sp³-hybridized carbons (Fsp3) is 0.500. The van der Waals surface area contributed by atoms with E-state index < -0.39 is 5.91 Å². The zero-order valence-corrected chi connectivity index (χ0v) is 10.8. The van der Waals surface area contributed by atoms with Crippen LogP contribution in [0.3, 0.4) is 0 Å². The molecular weight excluding hydrogens is 236 g/mol. The van der Waals surface area contributed by atoms with Crippen LogP contribution in [0.5, 0.6) is 0 Å². The second-order valence-electron chi connectivity index (χ2n) is 4.47. The molecule has 17 heavy (non-hydrogen) atoms. The maximum atomic E-state index is 11.8. The molecule has 92 valence electrons. The van der Waals surface area contributed by atoms with Crippen molar-refractivity contribution in [1.82, 2.24) is 0 Å². The second kappa shape index (κ2) is 4.49. The third-order valence-electron chi connectivity index (χ3n) is 3.34. The van der Waals surface area contributed by atoms with Gasteiger partial charge < -0.3 is 11.1 Å². The van der Waals surface area contributed by atoms with Gasteiger partial charge in [-0.3, -0.25) is 9.59 Å². The van der Waals surface area contributed by atoms with Gasteiger partial charge in [-0.2, -0.15) is 0 Å². The molecule has 5 heteroatoms. The van der Waals surface area contributed by atoms with Crippen molar-refractivity contribution in [2.75, 3.05) is 5.32 Å². The van der Waals surface area contributed by atoms with Gasteiger partial charge in [-0.25, -0.2) is 0 Å². The predicted molar refractivity (Wildman–Crippen MR) is 68.3 cm³/mol. The largest absolute Gasteiger partial charge is 0.365 e. The van der Waals surface area contributed by atoms with Crippen LogP contribution in [0.15, 0.2) is 0 Å². The first-order chi connectivity index (χ1) is 8.00. The van der Waals surface area contributed by atoms with E-state index in [1.165, 1.54) is 11.3 Å². The number of primary amides is 1. The van der Waals surface area contributed by atoms with Crippen molar-refractivity contribution in [3.8, 4) is 0 Å². The molecule has 1 fully saturated rings. The lowest BCUT2D eigenvalue weighted by atomic mass is 9.85. The van der Waals surface area contributed by atoms with Gasteiger partial charge in [0, 0.05) is 10.8 Å². The zero-order chi connectivity index (χ0) is 12.6. The molecule has 0 aromatic carbocycles. The van der Waals surface area contributed by atoms with E-state index in [0.717, 1.165) is 29.7 Å². The van der Waals surface area contributed by atoms with E-state index in [4.69, 9.17) is 5.73 Å². The van der Waals surface area contributed by atoms with Crippen molar-refractivity contribution >= 4 is 28.2 Å². The highest BCUT2D eigenvalue weighted by molar-refractivity contribution is 7.16. The van der Waals surface area contributed by atoms with E-state index in [0.29, 0.717) is 10.6 Å². The summed E-state index contributed by atoms with van der Waals surface area (Å²) in [6.45, 7) is 3.77. The molecule has 1 aliphatic rings. The van der Waals surface area contributed by atoms with Crippen molar-refractivity contribution in [3.63, 3.8) is 0 Å². The molecule has 0 spiro atoms. The first-order valence-corrected chi connectivity index (χ1v) is 6.53. The lowest BCUT2D eigenvalue weighted by molar-refractivity contribution is -0.122. The lowest BCUT2D eigenvalue weighted by Crippen LogP contribution is -2.28. The van der Waals surface area contributed by atoms with Crippen LogP contribution >= 0.6 is 11.3 Å². The van der Waals surface area contributed by atoms with Crippen LogP contribution in [-0.4, -0.2) is 11.8 Å². The lowest BCUT2D eigenvalue weighted by Gasteiger charge is -2.23. The first kappa shape index (κ1) is 12.1. The summed E-state index contributed by atoms with van der Waals surface area (Å²) in [5.74, 6) is -0.353. The highest BCUT2D eigenvalue weighted by Gasteiger charge is 2.27. The number of amides is 2. The Morgan fingerprint density at radius 2 is 2.00 bits per heavy atom. The molecule has 1 aromatic rings. The monoisotopic (exact) mass is 252 g/mol. The topological polar surface area (TPSA) is 72.2 Å². The second-order valence-corrected chi connectivity index (χ2v) is 5.69. The van der Waals surface area contributed by atoms with E-state index in [1.807, 2.05) is 13.8 Å². The summed E-state index contributed by atoms with van der Waals surface area (Å²) in [5, 5.41) is 3.44. The summed E-state index contributed by atoms with van der Waals surface area (Å²) in [5.41, 5.74) is 6.67. The molecule has 2 amide bonds. The number of nitrogens with one attached hydrogen (secondary N) is 1. The van der Waals surface area contributed by atoms with Crippen molar-refractivity contribution in [2.24, 2.45) is 11.7 Å². The number of carbonyl (C=O) groups is 2. The normalized spacial score (nSPS) is 15.4. The fourth-order valence-electron chi connectivity index (χ4n) is 1.90. The van der Waals surface area contributed by atoms with E-state index in [-0.39, 0.29) is 11.8 Å². The molecule has 1 heterocycles. The quantitative estimate of drug-likeness (QED) is 0.865. The highest BCUT2D eigenvalue weighted by atomic mass is 32.1. The Kier molecular flexibility index (Phi) is 3.19. The van der Waals surface area contributed by atoms with Gasteiger partial charge >= 0.3 is 0 Å². The number of rotatable bonds is 3. The van der Waals surface area contributed by atoms with Gasteiger partial charge in [0.05, 0.1) is 5.56 Å². The maximum Gasteiger partial charge on any atom is 0.251 e. The van der Waals surface area contributed by atoms with Crippen molar-refractivity contribution in [3.05, 3.63) is 16.0 Å². The Morgan fingerprint density at radius 3 is 2.47 bits per heavy atom. The number of hydrogen-bond acceptors (Lipinski definition) is 3. The fourth-order valence-corrected chi connectivity index (χ4v) is 2.96. The zero-order valence-electron chi connectivity index (χ0n) is 10.0. The van der Waals surface area contributed by atoms with Crippen LogP contribution in [0.25, 0.3) is 0 Å². The third-order valence-corrected chi connectivity index (χ3v) is 4.47. The number of anilines is 1. The summed E-state index contributed by atoms with van der Waals surface area (Å²) in [6.07, 6.45) is 3.01. The van der Waals surface area contributed by atoms with Gasteiger partial charge in [0.25, 0.3) is 5.91 Å². The summed E-state index contributed by atoms with van der Waals surface area (Å²) in [4.78, 5) is 24.2. The van der Waals surface area contributed by atoms with Gasteiger partial charge in [0.2, 0.25) is 5.91 Å². The van der Waals surface area contributed by atoms with Gasteiger partial charge in [-0.05, 0) is 32.3 Å². The number of nitrogens with two attached hydrogens (primary N) is 1. The molecule has 4 nitrogen and oxygen atoms in total. The molecule has 0 unspecified atom stereocenters.